The molecule has 3 nitrogen and oxygen atoms in total. The molecular weight excluding hydrogens is 214 g/mol. The normalized spacial score (nSPS) is 11.0. The van der Waals surface area contributed by atoms with Crippen LogP contribution in [-0.4, -0.2) is 12.6 Å². The topological polar surface area (TPSA) is 34.4 Å². The fraction of sp³-hybridized carbons (Fsp3) is 0.571. The second-order valence-corrected chi connectivity index (χ2v) is 4.39. The third-order valence-electron chi connectivity index (χ3n) is 2.46. The molecule has 0 saturated heterocycles. The van der Waals surface area contributed by atoms with E-state index in [-0.39, 0.29) is 0 Å². The SMILES string of the molecule is C=CCCCOCc1ccoc1CNC(C)C. The van der Waals surface area contributed by atoms with Crippen LogP contribution in [0.3, 0.4) is 0 Å². The summed E-state index contributed by atoms with van der Waals surface area (Å²) in [7, 11) is 0. The minimum atomic E-state index is 0.460. The van der Waals surface area contributed by atoms with Crippen molar-refractivity contribution in [1.82, 2.24) is 5.32 Å². The van der Waals surface area contributed by atoms with Crippen LogP contribution in [0.2, 0.25) is 0 Å². The van der Waals surface area contributed by atoms with Crippen molar-refractivity contribution >= 4 is 0 Å². The van der Waals surface area contributed by atoms with Crippen LogP contribution < -0.4 is 5.32 Å². The molecule has 0 aliphatic heterocycles. The van der Waals surface area contributed by atoms with Crippen LogP contribution in [0.4, 0.5) is 0 Å². The molecule has 0 fully saturated rings. The standard InChI is InChI=1S/C14H23NO2/c1-4-5-6-8-16-11-13-7-9-17-14(13)10-15-12(2)3/h4,7,9,12,15H,1,5-6,8,10-11H2,2-3H3. The van der Waals surface area contributed by atoms with Crippen molar-refractivity contribution < 1.29 is 9.15 Å². The average molecular weight is 237 g/mol. The number of unbranched alkanes of at least 4 members (excludes halogenated alkanes) is 1. The highest BCUT2D eigenvalue weighted by Gasteiger charge is 2.06. The summed E-state index contributed by atoms with van der Waals surface area (Å²) in [5, 5.41) is 3.34. The fourth-order valence-electron chi connectivity index (χ4n) is 1.46. The third-order valence-corrected chi connectivity index (χ3v) is 2.46. The van der Waals surface area contributed by atoms with E-state index in [2.05, 4.69) is 25.7 Å². The Morgan fingerprint density at radius 3 is 3.06 bits per heavy atom. The van der Waals surface area contributed by atoms with Gasteiger partial charge in [-0.1, -0.05) is 19.9 Å². The molecule has 3 heteroatoms. The summed E-state index contributed by atoms with van der Waals surface area (Å²) >= 11 is 0. The summed E-state index contributed by atoms with van der Waals surface area (Å²) < 4.78 is 11.0. The van der Waals surface area contributed by atoms with E-state index < -0.39 is 0 Å². The summed E-state index contributed by atoms with van der Waals surface area (Å²) in [5.41, 5.74) is 1.14. The molecule has 0 atom stereocenters. The first kappa shape index (κ1) is 14.0. The van der Waals surface area contributed by atoms with Gasteiger partial charge < -0.3 is 14.5 Å². The minimum absolute atomic E-state index is 0.460. The summed E-state index contributed by atoms with van der Waals surface area (Å²) in [4.78, 5) is 0. The van der Waals surface area contributed by atoms with Gasteiger partial charge in [0.05, 0.1) is 19.4 Å². The molecule has 1 rings (SSSR count). The highest BCUT2D eigenvalue weighted by molar-refractivity contribution is 5.15. The molecule has 1 heterocycles. The van der Waals surface area contributed by atoms with E-state index in [1.165, 1.54) is 0 Å². The first-order valence-electron chi connectivity index (χ1n) is 6.21. The second kappa shape index (κ2) is 8.09. The minimum Gasteiger partial charge on any atom is -0.468 e. The van der Waals surface area contributed by atoms with E-state index in [0.29, 0.717) is 12.6 Å². The lowest BCUT2D eigenvalue weighted by molar-refractivity contribution is 0.118. The zero-order chi connectivity index (χ0) is 12.5. The lowest BCUT2D eigenvalue weighted by atomic mass is 10.2. The summed E-state index contributed by atoms with van der Waals surface area (Å²) in [6.07, 6.45) is 5.67. The Labute approximate surface area is 104 Å². The Hall–Kier alpha value is -1.06. The van der Waals surface area contributed by atoms with Crippen molar-refractivity contribution in [2.24, 2.45) is 0 Å². The van der Waals surface area contributed by atoms with E-state index in [0.717, 1.165) is 37.3 Å². The molecule has 17 heavy (non-hydrogen) atoms. The van der Waals surface area contributed by atoms with Gasteiger partial charge >= 0.3 is 0 Å². The number of hydrogen-bond acceptors (Lipinski definition) is 3. The molecule has 0 aromatic carbocycles. The van der Waals surface area contributed by atoms with E-state index >= 15 is 0 Å². The van der Waals surface area contributed by atoms with Crippen LogP contribution in [0.15, 0.2) is 29.4 Å². The van der Waals surface area contributed by atoms with Crippen LogP contribution in [-0.2, 0) is 17.9 Å². The molecule has 0 spiro atoms. The second-order valence-electron chi connectivity index (χ2n) is 4.39. The van der Waals surface area contributed by atoms with Gasteiger partial charge in [-0.2, -0.15) is 0 Å². The van der Waals surface area contributed by atoms with Crippen LogP contribution >= 0.6 is 0 Å². The van der Waals surface area contributed by atoms with Crippen molar-refractivity contribution in [2.45, 2.75) is 45.9 Å². The van der Waals surface area contributed by atoms with Crippen molar-refractivity contribution in [3.05, 3.63) is 36.3 Å². The number of ether oxygens (including phenoxy) is 1. The molecule has 0 aliphatic rings. The maximum atomic E-state index is 5.59. The molecule has 0 amide bonds. The van der Waals surface area contributed by atoms with Gasteiger partial charge in [-0.15, -0.1) is 6.58 Å². The lowest BCUT2D eigenvalue weighted by Gasteiger charge is -2.08. The molecule has 96 valence electrons. The maximum Gasteiger partial charge on any atom is 0.123 e. The Morgan fingerprint density at radius 1 is 1.53 bits per heavy atom. The Bertz CT molecular complexity index is 318. The maximum absolute atomic E-state index is 5.59. The molecular formula is C14H23NO2. The van der Waals surface area contributed by atoms with Gasteiger partial charge in [-0.25, -0.2) is 0 Å². The van der Waals surface area contributed by atoms with E-state index in [1.54, 1.807) is 6.26 Å². The first-order valence-corrected chi connectivity index (χ1v) is 6.21. The highest BCUT2D eigenvalue weighted by atomic mass is 16.5. The van der Waals surface area contributed by atoms with Gasteiger partial charge in [-0.3, -0.25) is 0 Å². The predicted molar refractivity (Wildman–Crippen MR) is 69.8 cm³/mol. The summed E-state index contributed by atoms with van der Waals surface area (Å²) in [6, 6.07) is 2.44. The van der Waals surface area contributed by atoms with Gasteiger partial charge in [0.25, 0.3) is 0 Å². The molecule has 0 radical (unpaired) electrons. The van der Waals surface area contributed by atoms with Gasteiger partial charge in [0.15, 0.2) is 0 Å². The van der Waals surface area contributed by atoms with E-state index in [1.807, 2.05) is 12.1 Å². The predicted octanol–water partition coefficient (Wildman–Crippen LogP) is 3.26. The largest absolute Gasteiger partial charge is 0.468 e. The molecule has 1 aromatic heterocycles. The number of furan rings is 1. The molecule has 1 aromatic rings. The van der Waals surface area contributed by atoms with E-state index in [9.17, 15) is 0 Å². The first-order chi connectivity index (χ1) is 8.24. The summed E-state index contributed by atoms with van der Waals surface area (Å²) in [6.45, 7) is 10.1. The smallest absolute Gasteiger partial charge is 0.123 e. The van der Waals surface area contributed by atoms with Crippen LogP contribution in [0, 0.1) is 0 Å². The molecule has 1 N–H and O–H groups in total. The van der Waals surface area contributed by atoms with E-state index in [4.69, 9.17) is 9.15 Å². The number of nitrogens with one attached hydrogen (secondary N) is 1. The van der Waals surface area contributed by atoms with Crippen molar-refractivity contribution in [3.8, 4) is 0 Å². The molecule has 0 bridgehead atoms. The van der Waals surface area contributed by atoms with Crippen LogP contribution in [0.25, 0.3) is 0 Å². The zero-order valence-electron chi connectivity index (χ0n) is 10.9. The summed E-state index contributed by atoms with van der Waals surface area (Å²) in [5.74, 6) is 0.974. The zero-order valence-corrected chi connectivity index (χ0v) is 10.9. The lowest BCUT2D eigenvalue weighted by Crippen LogP contribution is -2.22. The third kappa shape index (κ3) is 5.71. The van der Waals surface area contributed by atoms with Gasteiger partial charge in [0.2, 0.25) is 0 Å². The Kier molecular flexibility index (Phi) is 6.67. The van der Waals surface area contributed by atoms with Crippen LogP contribution in [0.1, 0.15) is 38.0 Å². The number of allylic oxidation sites excluding steroid dienone is 1. The quantitative estimate of drug-likeness (QED) is 0.529. The molecule has 0 unspecified atom stereocenters. The average Bonchev–Trinajstić information content (AvgIpc) is 2.73. The van der Waals surface area contributed by atoms with Gasteiger partial charge in [-0.05, 0) is 18.9 Å². The molecule has 0 aliphatic carbocycles. The van der Waals surface area contributed by atoms with Crippen molar-refractivity contribution in [2.75, 3.05) is 6.61 Å². The monoisotopic (exact) mass is 237 g/mol. The molecule has 0 saturated carbocycles. The fourth-order valence-corrected chi connectivity index (χ4v) is 1.46. The van der Waals surface area contributed by atoms with Gasteiger partial charge in [0, 0.05) is 18.2 Å². The number of rotatable bonds is 9. The van der Waals surface area contributed by atoms with Crippen molar-refractivity contribution in [1.29, 1.82) is 0 Å². The van der Waals surface area contributed by atoms with Gasteiger partial charge in [0.1, 0.15) is 5.76 Å². The number of hydrogen-bond donors (Lipinski definition) is 1. The van der Waals surface area contributed by atoms with Crippen LogP contribution in [0.5, 0.6) is 0 Å². The highest BCUT2D eigenvalue weighted by Crippen LogP contribution is 2.12. The Morgan fingerprint density at radius 2 is 2.35 bits per heavy atom. The van der Waals surface area contributed by atoms with Crippen molar-refractivity contribution in [3.63, 3.8) is 0 Å². The Balaban J connectivity index is 2.27.